The van der Waals surface area contributed by atoms with Gasteiger partial charge in [-0.15, -0.1) is 0 Å². The molecule has 3 rings (SSSR count). The highest BCUT2D eigenvalue weighted by Crippen LogP contribution is 2.33. The van der Waals surface area contributed by atoms with Crippen molar-refractivity contribution < 1.29 is 0 Å². The van der Waals surface area contributed by atoms with Crippen LogP contribution in [0.3, 0.4) is 0 Å². The van der Waals surface area contributed by atoms with Gasteiger partial charge < -0.3 is 4.57 Å². The molecule has 0 radical (unpaired) electrons. The number of fused-ring (bicyclic) bond motifs is 3. The molecule has 1 unspecified atom stereocenters. The van der Waals surface area contributed by atoms with Crippen LogP contribution in [0.2, 0.25) is 0 Å². The minimum absolute atomic E-state index is 0.409. The molecule has 0 N–H and O–H groups in total. The summed E-state index contributed by atoms with van der Waals surface area (Å²) in [4.78, 5) is 0. The lowest BCUT2D eigenvalue weighted by molar-refractivity contribution is 0.290. The van der Waals surface area contributed by atoms with E-state index in [1.165, 1.54) is 41.8 Å². The molecule has 0 aliphatic carbocycles. The number of hydrogen-bond acceptors (Lipinski definition) is 0. The van der Waals surface area contributed by atoms with E-state index in [0.29, 0.717) is 5.41 Å². The fourth-order valence-corrected chi connectivity index (χ4v) is 4.77. The number of hydrogen-bond donors (Lipinski definition) is 0. The van der Waals surface area contributed by atoms with Crippen molar-refractivity contribution in [1.29, 1.82) is 0 Å². The molecule has 0 spiro atoms. The van der Waals surface area contributed by atoms with Crippen LogP contribution in [0.4, 0.5) is 0 Å². The molecule has 1 aromatic heterocycles. The molecule has 0 bridgehead atoms. The van der Waals surface area contributed by atoms with Gasteiger partial charge in [-0.1, -0.05) is 27.7 Å². The molecule has 1 nitrogen and oxygen atoms in total. The van der Waals surface area contributed by atoms with Crippen molar-refractivity contribution in [3.8, 4) is 0 Å². The van der Waals surface area contributed by atoms with E-state index in [1.54, 1.807) is 0 Å². The zero-order valence-corrected chi connectivity index (χ0v) is 19.2. The number of halogens is 2. The lowest BCUT2D eigenvalue weighted by Crippen LogP contribution is -2.13. The zero-order chi connectivity index (χ0) is 17.5. The topological polar surface area (TPSA) is 4.93 Å². The Morgan fingerprint density at radius 2 is 1.42 bits per heavy atom. The fraction of sp³-hybridized carbons (Fsp3) is 0.429. The first-order chi connectivity index (χ1) is 11.2. The number of nitrogens with zero attached hydrogens (tertiary/aromatic N) is 1. The van der Waals surface area contributed by atoms with Crippen LogP contribution in [0.25, 0.3) is 21.8 Å². The second-order valence-electron chi connectivity index (χ2n) is 8.13. The molecule has 0 saturated heterocycles. The fourth-order valence-electron chi connectivity index (χ4n) is 3.79. The maximum absolute atomic E-state index is 2.52. The minimum Gasteiger partial charge on any atom is -0.340 e. The van der Waals surface area contributed by atoms with Gasteiger partial charge in [-0.3, -0.25) is 0 Å². The second kappa shape index (κ2) is 7.14. The second-order valence-corrected chi connectivity index (χ2v) is 10.6. The average Bonchev–Trinajstić information content (AvgIpc) is 2.76. The molecule has 1 atom stereocenters. The third kappa shape index (κ3) is 4.09. The predicted octanol–water partition coefficient (Wildman–Crippen LogP) is 7.47. The van der Waals surface area contributed by atoms with Crippen LogP contribution in [-0.2, 0) is 6.54 Å². The van der Waals surface area contributed by atoms with Gasteiger partial charge in [-0.05, 0) is 106 Å². The number of benzene rings is 2. The highest BCUT2D eigenvalue weighted by atomic mass is 127. The normalized spacial score (nSPS) is 13.8. The molecule has 24 heavy (non-hydrogen) atoms. The summed E-state index contributed by atoms with van der Waals surface area (Å²) in [5, 5.41) is 2.78. The first-order valence-corrected chi connectivity index (χ1v) is 10.8. The van der Waals surface area contributed by atoms with Gasteiger partial charge >= 0.3 is 0 Å². The van der Waals surface area contributed by atoms with Crippen LogP contribution < -0.4 is 0 Å². The SMILES string of the molecule is CC(CCn1c2ccc(I)cc2c2cc(I)ccc21)CC(C)(C)C. The quantitative estimate of drug-likeness (QED) is 0.300. The van der Waals surface area contributed by atoms with E-state index < -0.39 is 0 Å². The van der Waals surface area contributed by atoms with E-state index in [-0.39, 0.29) is 0 Å². The van der Waals surface area contributed by atoms with Crippen LogP contribution in [-0.4, -0.2) is 4.57 Å². The van der Waals surface area contributed by atoms with E-state index in [1.807, 2.05) is 0 Å². The lowest BCUT2D eigenvalue weighted by Gasteiger charge is -2.23. The highest BCUT2D eigenvalue weighted by Gasteiger charge is 2.17. The van der Waals surface area contributed by atoms with Gasteiger partial charge in [0.05, 0.1) is 0 Å². The van der Waals surface area contributed by atoms with Gasteiger partial charge in [0.1, 0.15) is 0 Å². The van der Waals surface area contributed by atoms with Gasteiger partial charge in [-0.2, -0.15) is 0 Å². The Labute approximate surface area is 172 Å². The molecule has 0 aliphatic heterocycles. The van der Waals surface area contributed by atoms with E-state index in [2.05, 4.69) is 114 Å². The molecule has 0 saturated carbocycles. The summed E-state index contributed by atoms with van der Waals surface area (Å²) in [6.45, 7) is 10.5. The third-order valence-electron chi connectivity index (χ3n) is 4.60. The summed E-state index contributed by atoms with van der Waals surface area (Å²) >= 11 is 4.83. The van der Waals surface area contributed by atoms with Crippen molar-refractivity contribution in [3.05, 3.63) is 43.5 Å². The standard InChI is InChI=1S/C21H25I2N/c1-14(13-21(2,3)4)9-10-24-19-7-5-15(22)11-17(19)18-12-16(23)6-8-20(18)24/h5-8,11-12,14H,9-10,13H2,1-4H3. The molecule has 3 heteroatoms. The summed E-state index contributed by atoms with van der Waals surface area (Å²) in [6, 6.07) is 13.7. The van der Waals surface area contributed by atoms with Crippen molar-refractivity contribution >= 4 is 67.0 Å². The maximum Gasteiger partial charge on any atom is 0.0492 e. The first kappa shape index (κ1) is 18.5. The summed E-state index contributed by atoms with van der Waals surface area (Å²) in [7, 11) is 0. The first-order valence-electron chi connectivity index (χ1n) is 8.61. The summed E-state index contributed by atoms with van der Waals surface area (Å²) in [5.41, 5.74) is 3.15. The summed E-state index contributed by atoms with van der Waals surface area (Å²) < 4.78 is 5.13. The molecule has 2 aromatic carbocycles. The molecule has 128 valence electrons. The Hall–Kier alpha value is -0.300. The minimum atomic E-state index is 0.409. The van der Waals surface area contributed by atoms with E-state index >= 15 is 0 Å². The largest absolute Gasteiger partial charge is 0.340 e. The molecule has 0 aliphatic rings. The van der Waals surface area contributed by atoms with Crippen LogP contribution in [0.15, 0.2) is 36.4 Å². The molecule has 3 aromatic rings. The smallest absolute Gasteiger partial charge is 0.0492 e. The maximum atomic E-state index is 2.52. The zero-order valence-electron chi connectivity index (χ0n) is 14.9. The van der Waals surface area contributed by atoms with Crippen LogP contribution >= 0.6 is 45.2 Å². The van der Waals surface area contributed by atoms with Gasteiger partial charge in [0, 0.05) is 35.5 Å². The van der Waals surface area contributed by atoms with Gasteiger partial charge in [0.25, 0.3) is 0 Å². The van der Waals surface area contributed by atoms with E-state index in [4.69, 9.17) is 0 Å². The Bertz CT molecular complexity index is 812. The average molecular weight is 545 g/mol. The van der Waals surface area contributed by atoms with Crippen molar-refractivity contribution in [3.63, 3.8) is 0 Å². The van der Waals surface area contributed by atoms with Crippen molar-refractivity contribution in [2.45, 2.75) is 47.1 Å². The number of aryl methyl sites for hydroxylation is 1. The summed E-state index contributed by atoms with van der Waals surface area (Å²) in [5.74, 6) is 0.741. The predicted molar refractivity (Wildman–Crippen MR) is 123 cm³/mol. The highest BCUT2D eigenvalue weighted by molar-refractivity contribution is 14.1. The third-order valence-corrected chi connectivity index (χ3v) is 5.94. The lowest BCUT2D eigenvalue weighted by atomic mass is 9.84. The van der Waals surface area contributed by atoms with Gasteiger partial charge in [0.2, 0.25) is 0 Å². The number of rotatable bonds is 4. The molecule has 1 heterocycles. The summed E-state index contributed by atoms with van der Waals surface area (Å²) in [6.07, 6.45) is 2.51. The van der Waals surface area contributed by atoms with Crippen molar-refractivity contribution in [2.75, 3.05) is 0 Å². The van der Waals surface area contributed by atoms with Crippen LogP contribution in [0.5, 0.6) is 0 Å². The Morgan fingerprint density at radius 1 is 0.917 bits per heavy atom. The molecule has 0 fully saturated rings. The monoisotopic (exact) mass is 545 g/mol. The van der Waals surface area contributed by atoms with Gasteiger partial charge in [0.15, 0.2) is 0 Å². The molecule has 0 amide bonds. The Balaban J connectivity index is 2.00. The van der Waals surface area contributed by atoms with Crippen molar-refractivity contribution in [1.82, 2.24) is 4.57 Å². The van der Waals surface area contributed by atoms with Crippen LogP contribution in [0.1, 0.15) is 40.5 Å². The Morgan fingerprint density at radius 3 is 1.88 bits per heavy atom. The van der Waals surface area contributed by atoms with E-state index in [9.17, 15) is 0 Å². The number of aromatic nitrogens is 1. The molecular weight excluding hydrogens is 520 g/mol. The van der Waals surface area contributed by atoms with E-state index in [0.717, 1.165) is 12.5 Å². The van der Waals surface area contributed by atoms with Gasteiger partial charge in [-0.25, -0.2) is 0 Å². The Kier molecular flexibility index (Phi) is 5.50. The van der Waals surface area contributed by atoms with Crippen LogP contribution in [0, 0.1) is 18.5 Å². The molecular formula is C21H25I2N. The van der Waals surface area contributed by atoms with Crippen molar-refractivity contribution in [2.24, 2.45) is 11.3 Å².